The first kappa shape index (κ1) is 10.2. The predicted molar refractivity (Wildman–Crippen MR) is 73.6 cm³/mol. The summed E-state index contributed by atoms with van der Waals surface area (Å²) in [6.45, 7) is 2.14. The van der Waals surface area contributed by atoms with Crippen molar-refractivity contribution in [3.8, 4) is 11.3 Å². The van der Waals surface area contributed by atoms with Gasteiger partial charge in [0.15, 0.2) is 0 Å². The molecule has 0 radical (unpaired) electrons. The first-order valence-corrected chi connectivity index (χ1v) is 6.73. The van der Waals surface area contributed by atoms with E-state index in [0.717, 1.165) is 12.2 Å². The van der Waals surface area contributed by atoms with Crippen molar-refractivity contribution in [2.75, 3.05) is 0 Å². The number of aryl methyl sites for hydroxylation is 2. The second kappa shape index (κ2) is 3.61. The first-order valence-electron chi connectivity index (χ1n) is 6.73. The number of benzene rings is 1. The number of hydrogen-bond donors (Lipinski definition) is 0. The summed E-state index contributed by atoms with van der Waals surface area (Å²) in [6.07, 6.45) is 11.1. The Morgan fingerprint density at radius 1 is 1.17 bits per heavy atom. The molecule has 2 aliphatic rings. The molecule has 0 bridgehead atoms. The van der Waals surface area contributed by atoms with Crippen LogP contribution in [0.15, 0.2) is 28.9 Å². The van der Waals surface area contributed by atoms with Crippen molar-refractivity contribution in [3.05, 3.63) is 52.3 Å². The third kappa shape index (κ3) is 1.28. The Morgan fingerprint density at radius 3 is 2.94 bits per heavy atom. The van der Waals surface area contributed by atoms with Crippen LogP contribution in [-0.4, -0.2) is 0 Å². The van der Waals surface area contributed by atoms with E-state index in [1.165, 1.54) is 52.6 Å². The van der Waals surface area contributed by atoms with Crippen LogP contribution in [0.25, 0.3) is 17.4 Å². The molecule has 1 nitrogen and oxygen atoms in total. The SMILES string of the molecule is Cc1ccoc1-c1c2c(cc3c1CCC3)C=CC2. The molecule has 4 rings (SSSR count). The van der Waals surface area contributed by atoms with Gasteiger partial charge in [-0.15, -0.1) is 0 Å². The van der Waals surface area contributed by atoms with Gasteiger partial charge in [-0.3, -0.25) is 0 Å². The van der Waals surface area contributed by atoms with Gasteiger partial charge in [0.1, 0.15) is 5.76 Å². The highest BCUT2D eigenvalue weighted by atomic mass is 16.3. The highest BCUT2D eigenvalue weighted by Gasteiger charge is 2.24. The predicted octanol–water partition coefficient (Wildman–Crippen LogP) is 4.31. The maximum atomic E-state index is 5.77. The summed E-state index contributed by atoms with van der Waals surface area (Å²) >= 11 is 0. The van der Waals surface area contributed by atoms with E-state index in [4.69, 9.17) is 4.42 Å². The Bertz CT molecular complexity index is 655. The fourth-order valence-corrected chi connectivity index (χ4v) is 3.39. The lowest BCUT2D eigenvalue weighted by atomic mass is 9.91. The van der Waals surface area contributed by atoms with Crippen LogP contribution in [0.4, 0.5) is 0 Å². The summed E-state index contributed by atoms with van der Waals surface area (Å²) < 4.78 is 5.77. The van der Waals surface area contributed by atoms with E-state index < -0.39 is 0 Å². The molecule has 1 heterocycles. The average Bonchev–Trinajstić information content (AvgIpc) is 3.05. The molecular formula is C17H16O. The third-order valence-electron chi connectivity index (χ3n) is 4.25. The van der Waals surface area contributed by atoms with Crippen LogP contribution in [0.2, 0.25) is 0 Å². The van der Waals surface area contributed by atoms with Gasteiger partial charge in [-0.2, -0.15) is 0 Å². The topological polar surface area (TPSA) is 13.1 Å². The summed E-state index contributed by atoms with van der Waals surface area (Å²) in [5.74, 6) is 1.09. The van der Waals surface area contributed by atoms with Crippen LogP contribution in [0.3, 0.4) is 0 Å². The maximum absolute atomic E-state index is 5.77. The van der Waals surface area contributed by atoms with Gasteiger partial charge in [0.05, 0.1) is 6.26 Å². The van der Waals surface area contributed by atoms with Gasteiger partial charge in [0, 0.05) is 5.56 Å². The smallest absolute Gasteiger partial charge is 0.137 e. The Morgan fingerprint density at radius 2 is 2.11 bits per heavy atom. The van der Waals surface area contributed by atoms with Crippen LogP contribution in [0.1, 0.15) is 34.2 Å². The van der Waals surface area contributed by atoms with E-state index in [1.54, 1.807) is 0 Å². The maximum Gasteiger partial charge on any atom is 0.137 e. The van der Waals surface area contributed by atoms with E-state index in [2.05, 4.69) is 31.2 Å². The Labute approximate surface area is 107 Å². The number of rotatable bonds is 1. The third-order valence-corrected chi connectivity index (χ3v) is 4.25. The molecule has 0 atom stereocenters. The van der Waals surface area contributed by atoms with E-state index >= 15 is 0 Å². The molecule has 0 unspecified atom stereocenters. The average molecular weight is 236 g/mol. The molecule has 1 aromatic heterocycles. The number of hydrogen-bond acceptors (Lipinski definition) is 1. The molecule has 90 valence electrons. The molecule has 0 aliphatic heterocycles. The molecule has 18 heavy (non-hydrogen) atoms. The minimum atomic E-state index is 1.05. The molecule has 0 saturated carbocycles. The molecule has 0 N–H and O–H groups in total. The van der Waals surface area contributed by atoms with Gasteiger partial charge >= 0.3 is 0 Å². The van der Waals surface area contributed by atoms with Crippen LogP contribution in [0.5, 0.6) is 0 Å². The lowest BCUT2D eigenvalue weighted by Crippen LogP contribution is -1.97. The van der Waals surface area contributed by atoms with Crippen LogP contribution < -0.4 is 0 Å². The number of fused-ring (bicyclic) bond motifs is 2. The molecule has 0 amide bonds. The quantitative estimate of drug-likeness (QED) is 0.719. The largest absolute Gasteiger partial charge is 0.464 e. The van der Waals surface area contributed by atoms with Gasteiger partial charge in [-0.25, -0.2) is 0 Å². The Kier molecular flexibility index (Phi) is 2.05. The van der Waals surface area contributed by atoms with E-state index in [-0.39, 0.29) is 0 Å². The minimum Gasteiger partial charge on any atom is -0.464 e. The van der Waals surface area contributed by atoms with Gasteiger partial charge in [0.2, 0.25) is 0 Å². The van der Waals surface area contributed by atoms with Crippen molar-refractivity contribution in [1.29, 1.82) is 0 Å². The minimum absolute atomic E-state index is 1.05. The van der Waals surface area contributed by atoms with Gasteiger partial charge in [-0.1, -0.05) is 18.2 Å². The van der Waals surface area contributed by atoms with Crippen molar-refractivity contribution in [1.82, 2.24) is 0 Å². The highest BCUT2D eigenvalue weighted by molar-refractivity contribution is 5.79. The summed E-state index contributed by atoms with van der Waals surface area (Å²) in [7, 11) is 0. The number of furan rings is 1. The monoisotopic (exact) mass is 236 g/mol. The number of allylic oxidation sites excluding steroid dienone is 1. The van der Waals surface area contributed by atoms with Gasteiger partial charge in [0.25, 0.3) is 0 Å². The molecule has 1 heteroatoms. The van der Waals surface area contributed by atoms with Crippen molar-refractivity contribution < 1.29 is 4.42 Å². The summed E-state index contributed by atoms with van der Waals surface area (Å²) in [6, 6.07) is 4.46. The molecule has 0 spiro atoms. The molecule has 0 fully saturated rings. The van der Waals surface area contributed by atoms with Crippen molar-refractivity contribution >= 4 is 6.08 Å². The zero-order chi connectivity index (χ0) is 12.1. The second-order valence-electron chi connectivity index (χ2n) is 5.35. The summed E-state index contributed by atoms with van der Waals surface area (Å²) in [5, 5.41) is 0. The van der Waals surface area contributed by atoms with E-state index in [9.17, 15) is 0 Å². The van der Waals surface area contributed by atoms with Crippen LogP contribution >= 0.6 is 0 Å². The fraction of sp³-hybridized carbons (Fsp3) is 0.294. The molecular weight excluding hydrogens is 220 g/mol. The lowest BCUT2D eigenvalue weighted by molar-refractivity contribution is 0.579. The standard InChI is InChI=1S/C17H16O/c1-11-8-9-18-17(11)16-14-6-2-4-12(14)10-13-5-3-7-15(13)16/h2,4,8-10H,3,5-7H2,1H3. The Hall–Kier alpha value is -1.76. The highest BCUT2D eigenvalue weighted by Crippen LogP contribution is 2.41. The van der Waals surface area contributed by atoms with Gasteiger partial charge in [-0.05, 0) is 66.5 Å². The van der Waals surface area contributed by atoms with Gasteiger partial charge < -0.3 is 4.42 Å². The molecule has 2 aliphatic carbocycles. The van der Waals surface area contributed by atoms with Crippen LogP contribution in [0, 0.1) is 6.92 Å². The van der Waals surface area contributed by atoms with E-state index in [0.29, 0.717) is 0 Å². The molecule has 0 saturated heterocycles. The Balaban J connectivity index is 2.06. The second-order valence-corrected chi connectivity index (χ2v) is 5.35. The molecule has 2 aromatic rings. The normalized spacial score (nSPS) is 16.1. The first-order chi connectivity index (χ1) is 8.84. The summed E-state index contributed by atoms with van der Waals surface area (Å²) in [5.41, 5.74) is 8.59. The van der Waals surface area contributed by atoms with Crippen molar-refractivity contribution in [2.24, 2.45) is 0 Å². The van der Waals surface area contributed by atoms with Crippen molar-refractivity contribution in [3.63, 3.8) is 0 Å². The van der Waals surface area contributed by atoms with Crippen molar-refractivity contribution in [2.45, 2.75) is 32.6 Å². The zero-order valence-electron chi connectivity index (χ0n) is 10.6. The molecule has 1 aromatic carbocycles. The van der Waals surface area contributed by atoms with Crippen LogP contribution in [-0.2, 0) is 19.3 Å². The summed E-state index contributed by atoms with van der Waals surface area (Å²) in [4.78, 5) is 0. The fourth-order valence-electron chi connectivity index (χ4n) is 3.39. The van der Waals surface area contributed by atoms with E-state index in [1.807, 2.05) is 6.26 Å². The lowest BCUT2D eigenvalue weighted by Gasteiger charge is -2.13. The zero-order valence-corrected chi connectivity index (χ0v) is 10.6.